The standard InChI is InChI=1S/C15H18N2O/c1-10-4-13(8-17-7-10)9-18-15-11(2)5-14(16)6-12(15)3/h4-8H,9,16H2,1-3H3. The molecule has 0 aliphatic carbocycles. The van der Waals surface area contributed by atoms with Crippen LogP contribution < -0.4 is 10.5 Å². The van der Waals surface area contributed by atoms with Crippen LogP contribution in [-0.4, -0.2) is 4.98 Å². The molecule has 2 aromatic rings. The lowest BCUT2D eigenvalue weighted by atomic mass is 10.1. The number of pyridine rings is 1. The maximum atomic E-state index is 5.87. The fourth-order valence-electron chi connectivity index (χ4n) is 2.06. The van der Waals surface area contributed by atoms with Gasteiger partial charge in [-0.15, -0.1) is 0 Å². The van der Waals surface area contributed by atoms with E-state index < -0.39 is 0 Å². The van der Waals surface area contributed by atoms with Crippen molar-refractivity contribution in [2.24, 2.45) is 0 Å². The molecule has 1 aromatic carbocycles. The van der Waals surface area contributed by atoms with Gasteiger partial charge < -0.3 is 10.5 Å². The summed E-state index contributed by atoms with van der Waals surface area (Å²) < 4.78 is 5.87. The minimum atomic E-state index is 0.528. The fourth-order valence-corrected chi connectivity index (χ4v) is 2.06. The normalized spacial score (nSPS) is 10.4. The number of aromatic nitrogens is 1. The molecule has 0 radical (unpaired) electrons. The number of rotatable bonds is 3. The molecule has 0 aliphatic rings. The van der Waals surface area contributed by atoms with Crippen molar-refractivity contribution in [1.29, 1.82) is 0 Å². The van der Waals surface area contributed by atoms with Gasteiger partial charge in [-0.3, -0.25) is 4.98 Å². The van der Waals surface area contributed by atoms with Crippen LogP contribution in [0.15, 0.2) is 30.6 Å². The van der Waals surface area contributed by atoms with Crippen molar-refractivity contribution in [2.75, 3.05) is 5.73 Å². The van der Waals surface area contributed by atoms with Crippen molar-refractivity contribution < 1.29 is 4.74 Å². The Morgan fingerprint density at radius 1 is 1.06 bits per heavy atom. The van der Waals surface area contributed by atoms with Gasteiger partial charge in [0.2, 0.25) is 0 Å². The van der Waals surface area contributed by atoms with Gasteiger partial charge in [0.15, 0.2) is 0 Å². The van der Waals surface area contributed by atoms with E-state index in [1.54, 1.807) is 0 Å². The molecule has 1 aromatic heterocycles. The van der Waals surface area contributed by atoms with Crippen LogP contribution in [0.25, 0.3) is 0 Å². The first kappa shape index (κ1) is 12.4. The van der Waals surface area contributed by atoms with Gasteiger partial charge in [0, 0.05) is 23.6 Å². The number of nitrogen functional groups attached to an aromatic ring is 1. The van der Waals surface area contributed by atoms with Gasteiger partial charge in [-0.1, -0.05) is 0 Å². The van der Waals surface area contributed by atoms with Crippen LogP contribution >= 0.6 is 0 Å². The van der Waals surface area contributed by atoms with E-state index in [0.29, 0.717) is 6.61 Å². The number of hydrogen-bond donors (Lipinski definition) is 1. The molecule has 0 spiro atoms. The lowest BCUT2D eigenvalue weighted by molar-refractivity contribution is 0.301. The van der Waals surface area contributed by atoms with Gasteiger partial charge in [0.05, 0.1) is 0 Å². The summed E-state index contributed by atoms with van der Waals surface area (Å²) in [5.74, 6) is 0.908. The second kappa shape index (κ2) is 5.08. The van der Waals surface area contributed by atoms with E-state index >= 15 is 0 Å². The first-order valence-corrected chi connectivity index (χ1v) is 5.96. The van der Waals surface area contributed by atoms with Crippen LogP contribution in [0.2, 0.25) is 0 Å². The topological polar surface area (TPSA) is 48.1 Å². The van der Waals surface area contributed by atoms with E-state index in [9.17, 15) is 0 Å². The Balaban J connectivity index is 2.16. The van der Waals surface area contributed by atoms with Crippen LogP contribution in [-0.2, 0) is 6.61 Å². The van der Waals surface area contributed by atoms with Gasteiger partial charge in [-0.05, 0) is 55.7 Å². The first-order valence-electron chi connectivity index (χ1n) is 5.96. The van der Waals surface area contributed by atoms with E-state index in [-0.39, 0.29) is 0 Å². The smallest absolute Gasteiger partial charge is 0.125 e. The molecule has 0 aliphatic heterocycles. The van der Waals surface area contributed by atoms with Crippen molar-refractivity contribution in [2.45, 2.75) is 27.4 Å². The molecule has 2 rings (SSSR count). The third kappa shape index (κ3) is 2.80. The summed E-state index contributed by atoms with van der Waals surface area (Å²) in [6, 6.07) is 5.93. The maximum absolute atomic E-state index is 5.87. The summed E-state index contributed by atoms with van der Waals surface area (Å²) in [5.41, 5.74) is 10.9. The molecule has 0 saturated heterocycles. The lowest BCUT2D eigenvalue weighted by Gasteiger charge is -2.13. The van der Waals surface area contributed by atoms with E-state index in [2.05, 4.69) is 11.1 Å². The minimum absolute atomic E-state index is 0.528. The fraction of sp³-hybridized carbons (Fsp3) is 0.267. The largest absolute Gasteiger partial charge is 0.488 e. The van der Waals surface area contributed by atoms with Crippen molar-refractivity contribution >= 4 is 5.69 Å². The summed E-state index contributed by atoms with van der Waals surface area (Å²) in [4.78, 5) is 4.16. The van der Waals surface area contributed by atoms with Gasteiger partial charge in [0.25, 0.3) is 0 Å². The summed E-state index contributed by atoms with van der Waals surface area (Å²) in [7, 11) is 0. The molecule has 94 valence electrons. The molecular weight excluding hydrogens is 224 g/mol. The van der Waals surface area contributed by atoms with E-state index in [4.69, 9.17) is 10.5 Å². The Labute approximate surface area is 108 Å². The first-order chi connectivity index (χ1) is 8.56. The van der Waals surface area contributed by atoms with E-state index in [1.165, 1.54) is 0 Å². The quantitative estimate of drug-likeness (QED) is 0.841. The zero-order valence-electron chi connectivity index (χ0n) is 11.0. The number of anilines is 1. The Bertz CT molecular complexity index is 541. The van der Waals surface area contributed by atoms with Gasteiger partial charge in [0.1, 0.15) is 12.4 Å². The number of hydrogen-bond acceptors (Lipinski definition) is 3. The predicted molar refractivity (Wildman–Crippen MR) is 73.6 cm³/mol. The maximum Gasteiger partial charge on any atom is 0.125 e. The molecular formula is C15H18N2O. The summed E-state index contributed by atoms with van der Waals surface area (Å²) in [6.07, 6.45) is 3.66. The molecule has 0 bridgehead atoms. The van der Waals surface area contributed by atoms with Crippen LogP contribution in [0.3, 0.4) is 0 Å². The number of aryl methyl sites for hydroxylation is 3. The average molecular weight is 242 g/mol. The highest BCUT2D eigenvalue weighted by molar-refractivity contribution is 5.52. The average Bonchev–Trinajstić information content (AvgIpc) is 2.27. The molecule has 1 heterocycles. The molecule has 0 fully saturated rings. The van der Waals surface area contributed by atoms with Gasteiger partial charge in [-0.25, -0.2) is 0 Å². The second-order valence-corrected chi connectivity index (χ2v) is 4.64. The molecule has 3 nitrogen and oxygen atoms in total. The lowest BCUT2D eigenvalue weighted by Crippen LogP contribution is -2.00. The highest BCUT2D eigenvalue weighted by atomic mass is 16.5. The van der Waals surface area contributed by atoms with Crippen LogP contribution in [0, 0.1) is 20.8 Å². The van der Waals surface area contributed by atoms with E-state index in [0.717, 1.165) is 33.7 Å². The molecule has 3 heteroatoms. The van der Waals surface area contributed by atoms with E-state index in [1.807, 2.05) is 45.3 Å². The van der Waals surface area contributed by atoms with Crippen LogP contribution in [0.4, 0.5) is 5.69 Å². The number of nitrogens with zero attached hydrogens (tertiary/aromatic N) is 1. The van der Waals surface area contributed by atoms with Crippen LogP contribution in [0.1, 0.15) is 22.3 Å². The summed E-state index contributed by atoms with van der Waals surface area (Å²) in [6.45, 7) is 6.57. The van der Waals surface area contributed by atoms with Gasteiger partial charge in [-0.2, -0.15) is 0 Å². The Hall–Kier alpha value is -2.03. The number of ether oxygens (including phenoxy) is 1. The molecule has 0 unspecified atom stereocenters. The molecule has 2 N–H and O–H groups in total. The summed E-state index contributed by atoms with van der Waals surface area (Å²) >= 11 is 0. The second-order valence-electron chi connectivity index (χ2n) is 4.64. The zero-order valence-corrected chi connectivity index (χ0v) is 11.0. The Kier molecular flexibility index (Phi) is 3.51. The molecule has 0 atom stereocenters. The van der Waals surface area contributed by atoms with Crippen molar-refractivity contribution in [1.82, 2.24) is 4.98 Å². The number of benzene rings is 1. The summed E-state index contributed by atoms with van der Waals surface area (Å²) in [5, 5.41) is 0. The van der Waals surface area contributed by atoms with Crippen LogP contribution in [0.5, 0.6) is 5.75 Å². The number of nitrogens with two attached hydrogens (primary N) is 1. The molecule has 18 heavy (non-hydrogen) atoms. The van der Waals surface area contributed by atoms with Gasteiger partial charge >= 0.3 is 0 Å². The minimum Gasteiger partial charge on any atom is -0.488 e. The molecule has 0 amide bonds. The van der Waals surface area contributed by atoms with Crippen molar-refractivity contribution in [3.8, 4) is 5.75 Å². The Morgan fingerprint density at radius 2 is 1.72 bits per heavy atom. The predicted octanol–water partition coefficient (Wildman–Crippen LogP) is 3.17. The third-order valence-corrected chi connectivity index (χ3v) is 2.80. The SMILES string of the molecule is Cc1cncc(COc2c(C)cc(N)cc2C)c1. The highest BCUT2D eigenvalue weighted by Gasteiger charge is 2.05. The molecule has 0 saturated carbocycles. The third-order valence-electron chi connectivity index (χ3n) is 2.80. The van der Waals surface area contributed by atoms with Crippen molar-refractivity contribution in [3.05, 3.63) is 52.8 Å². The van der Waals surface area contributed by atoms with Crippen molar-refractivity contribution in [3.63, 3.8) is 0 Å². The zero-order chi connectivity index (χ0) is 13.1. The Morgan fingerprint density at radius 3 is 2.33 bits per heavy atom. The highest BCUT2D eigenvalue weighted by Crippen LogP contribution is 2.26. The monoisotopic (exact) mass is 242 g/mol.